The van der Waals surface area contributed by atoms with E-state index in [1.165, 1.54) is 16.7 Å². The van der Waals surface area contributed by atoms with E-state index in [4.69, 9.17) is 4.74 Å². The van der Waals surface area contributed by atoms with Crippen LogP contribution in [0.5, 0.6) is 0 Å². The Hall–Kier alpha value is -6.23. The van der Waals surface area contributed by atoms with Crippen molar-refractivity contribution in [1.29, 1.82) is 0 Å². The average molecular weight is 853 g/mol. The Morgan fingerprint density at radius 3 is 2.35 bits per heavy atom. The summed E-state index contributed by atoms with van der Waals surface area (Å²) in [5.74, 6) is -1.72. The van der Waals surface area contributed by atoms with Crippen LogP contribution in [0.1, 0.15) is 82.1 Å². The molecule has 2 aromatic heterocycles. The number of aliphatic hydroxyl groups is 1. The Labute approximate surface area is 356 Å². The largest absolute Gasteiger partial charge is 0.446 e. The van der Waals surface area contributed by atoms with Gasteiger partial charge < -0.3 is 30.3 Å². The second-order valence-corrected chi connectivity index (χ2v) is 16.8. The summed E-state index contributed by atoms with van der Waals surface area (Å²) >= 11 is 0. The number of piperidine rings is 3. The van der Waals surface area contributed by atoms with Crippen molar-refractivity contribution in [3.8, 4) is 16.9 Å². The van der Waals surface area contributed by atoms with E-state index in [9.17, 15) is 33.5 Å². The predicted molar refractivity (Wildman–Crippen MR) is 224 cm³/mol. The van der Waals surface area contributed by atoms with E-state index in [0.29, 0.717) is 80.5 Å². The molecule has 4 aliphatic rings. The van der Waals surface area contributed by atoms with Crippen molar-refractivity contribution >= 4 is 35.5 Å². The van der Waals surface area contributed by atoms with E-state index in [2.05, 4.69) is 25.9 Å². The highest BCUT2D eigenvalue weighted by Crippen LogP contribution is 2.34. The fourth-order valence-electron chi connectivity index (χ4n) is 8.90. The Morgan fingerprint density at radius 2 is 1.63 bits per heavy atom. The maximum atomic E-state index is 15.2. The van der Waals surface area contributed by atoms with Crippen molar-refractivity contribution in [2.24, 2.45) is 0 Å². The van der Waals surface area contributed by atoms with Gasteiger partial charge in [0.05, 0.1) is 18.2 Å². The SMILES string of the molecule is O=C1CCC(Nc2ccc(C3CCN(C(=O)CC4(O)CCN(C(=O)OC5CCC(Nc6ncc(F)c(-c7cccc(-n8ccccc8=O)c7)n6)CC5)CC4)CC3)c(F)c2)C(=O)N1. The monoisotopic (exact) mass is 852 g/mol. The molecule has 8 rings (SSSR count). The third kappa shape index (κ3) is 9.93. The van der Waals surface area contributed by atoms with E-state index < -0.39 is 35.3 Å². The van der Waals surface area contributed by atoms with Gasteiger partial charge in [0.2, 0.25) is 23.7 Å². The van der Waals surface area contributed by atoms with Crippen LogP contribution in [0.3, 0.4) is 0 Å². The zero-order chi connectivity index (χ0) is 43.4. The summed E-state index contributed by atoms with van der Waals surface area (Å²) in [6.45, 7) is 1.36. The minimum absolute atomic E-state index is 0.0189. The molecule has 17 heteroatoms. The molecule has 4 fully saturated rings. The predicted octanol–water partition coefficient (Wildman–Crippen LogP) is 5.27. The van der Waals surface area contributed by atoms with Crippen LogP contribution >= 0.6 is 0 Å². The number of carbonyl (C=O) groups is 4. The van der Waals surface area contributed by atoms with Crippen LogP contribution in [0.15, 0.2) is 77.9 Å². The lowest BCUT2D eigenvalue weighted by atomic mass is 9.86. The summed E-state index contributed by atoms with van der Waals surface area (Å²) in [6, 6.07) is 15.9. The number of hydrogen-bond donors (Lipinski definition) is 4. The molecule has 1 atom stereocenters. The number of ether oxygens (including phenoxy) is 1. The highest BCUT2D eigenvalue weighted by molar-refractivity contribution is 6.01. The molecule has 4 N–H and O–H groups in total. The van der Waals surface area contributed by atoms with Gasteiger partial charge in [-0.2, -0.15) is 0 Å². The summed E-state index contributed by atoms with van der Waals surface area (Å²) < 4.78 is 37.5. The molecular formula is C45H50F2N8O7. The first-order valence-electron chi connectivity index (χ1n) is 21.3. The number of rotatable bonds is 10. The van der Waals surface area contributed by atoms with E-state index in [1.54, 1.807) is 64.5 Å². The van der Waals surface area contributed by atoms with Crippen LogP contribution in [-0.4, -0.2) is 103 Å². The minimum atomic E-state index is -1.25. The maximum Gasteiger partial charge on any atom is 0.410 e. The highest BCUT2D eigenvalue weighted by Gasteiger charge is 2.39. The zero-order valence-corrected chi connectivity index (χ0v) is 34.2. The number of amides is 4. The summed E-state index contributed by atoms with van der Waals surface area (Å²) in [5.41, 5.74) is 0.729. The minimum Gasteiger partial charge on any atom is -0.446 e. The van der Waals surface area contributed by atoms with Crippen LogP contribution in [0.4, 0.5) is 25.2 Å². The van der Waals surface area contributed by atoms with Gasteiger partial charge in [0.25, 0.3) is 5.56 Å². The highest BCUT2D eigenvalue weighted by atomic mass is 19.1. The van der Waals surface area contributed by atoms with Gasteiger partial charge in [-0.05, 0) is 99.6 Å². The third-order valence-corrected chi connectivity index (χ3v) is 12.5. The molecule has 3 aliphatic heterocycles. The van der Waals surface area contributed by atoms with Crippen molar-refractivity contribution < 1.29 is 37.8 Å². The van der Waals surface area contributed by atoms with Crippen molar-refractivity contribution in [3.05, 3.63) is 101 Å². The lowest BCUT2D eigenvalue weighted by Gasteiger charge is -2.40. The molecule has 326 valence electrons. The Kier molecular flexibility index (Phi) is 12.6. The summed E-state index contributed by atoms with van der Waals surface area (Å²) in [4.78, 5) is 74.3. The topological polar surface area (TPSA) is 188 Å². The number of carbonyl (C=O) groups excluding carboxylic acids is 4. The number of imide groups is 1. The molecule has 0 bridgehead atoms. The fraction of sp³-hybridized carbons (Fsp3) is 0.444. The van der Waals surface area contributed by atoms with Gasteiger partial charge in [-0.3, -0.25) is 29.1 Å². The zero-order valence-electron chi connectivity index (χ0n) is 34.2. The number of likely N-dealkylation sites (tertiary alicyclic amines) is 2. The van der Waals surface area contributed by atoms with Crippen molar-refractivity contribution in [3.63, 3.8) is 0 Å². The standard InChI is InChI=1S/C45H50F2N8O7/c46-35-25-31(49-37-13-14-38(56)51-42(37)59)9-12-34(35)28-15-20-53(21-16-28)40(58)26-45(61)17-22-54(23-18-45)44(60)62-33-10-7-30(8-11-33)50-43-48-27-36(47)41(52-43)29-4-3-5-32(24-29)55-19-2-1-6-39(55)57/h1-6,9,12,19,24-25,27-28,30,33,37,49,61H,7-8,10-11,13-18,20-23,26H2,(H,48,50,52)(H,51,56,59). The number of halogens is 2. The molecule has 1 unspecified atom stereocenters. The number of aromatic nitrogens is 3. The number of hydrogen-bond acceptors (Lipinski definition) is 11. The maximum absolute atomic E-state index is 15.2. The van der Waals surface area contributed by atoms with E-state index >= 15 is 4.39 Å². The summed E-state index contributed by atoms with van der Waals surface area (Å²) in [6.07, 6.45) is 6.68. The molecule has 1 aliphatic carbocycles. The van der Waals surface area contributed by atoms with Crippen LogP contribution in [0.25, 0.3) is 16.9 Å². The molecule has 1 saturated carbocycles. The Morgan fingerprint density at radius 1 is 0.855 bits per heavy atom. The van der Waals surface area contributed by atoms with Crippen molar-refractivity contribution in [2.75, 3.05) is 36.8 Å². The van der Waals surface area contributed by atoms with Crippen LogP contribution in [0, 0.1) is 11.6 Å². The normalized spacial score (nSPS) is 21.8. The third-order valence-electron chi connectivity index (χ3n) is 12.5. The van der Waals surface area contributed by atoms with Crippen LogP contribution in [-0.2, 0) is 19.1 Å². The van der Waals surface area contributed by atoms with Crippen LogP contribution < -0.4 is 21.5 Å². The summed E-state index contributed by atoms with van der Waals surface area (Å²) in [5, 5.41) is 20.0. The van der Waals surface area contributed by atoms with Gasteiger partial charge in [-0.25, -0.2) is 23.5 Å². The molecule has 2 aromatic carbocycles. The quantitative estimate of drug-likeness (QED) is 0.152. The molecule has 0 radical (unpaired) electrons. The van der Waals surface area contributed by atoms with E-state index in [0.717, 1.165) is 6.20 Å². The van der Waals surface area contributed by atoms with Crippen LogP contribution in [0.2, 0.25) is 0 Å². The lowest BCUT2D eigenvalue weighted by Crippen LogP contribution is -2.50. The van der Waals surface area contributed by atoms with E-state index in [1.807, 2.05) is 0 Å². The lowest BCUT2D eigenvalue weighted by molar-refractivity contribution is -0.139. The second-order valence-electron chi connectivity index (χ2n) is 16.8. The van der Waals surface area contributed by atoms with Gasteiger partial charge in [0.15, 0.2) is 5.82 Å². The van der Waals surface area contributed by atoms with Crippen molar-refractivity contribution in [1.82, 2.24) is 29.7 Å². The molecule has 5 heterocycles. The number of anilines is 2. The van der Waals surface area contributed by atoms with Gasteiger partial charge in [0.1, 0.15) is 23.7 Å². The molecule has 4 amide bonds. The van der Waals surface area contributed by atoms with Crippen molar-refractivity contribution in [2.45, 2.75) is 100 Å². The first kappa shape index (κ1) is 42.5. The number of nitrogens with zero attached hydrogens (tertiary/aromatic N) is 5. The smallest absolute Gasteiger partial charge is 0.410 e. The number of nitrogens with one attached hydrogen (secondary N) is 3. The molecule has 4 aromatic rings. The molecule has 62 heavy (non-hydrogen) atoms. The molecule has 3 saturated heterocycles. The Balaban J connectivity index is 0.754. The molecule has 15 nitrogen and oxygen atoms in total. The average Bonchev–Trinajstić information content (AvgIpc) is 3.26. The summed E-state index contributed by atoms with van der Waals surface area (Å²) in [7, 11) is 0. The van der Waals surface area contributed by atoms with Gasteiger partial charge in [-0.15, -0.1) is 0 Å². The number of pyridine rings is 1. The second kappa shape index (κ2) is 18.4. The van der Waals surface area contributed by atoms with Gasteiger partial charge >= 0.3 is 6.09 Å². The first-order chi connectivity index (χ1) is 29.9. The molecular weight excluding hydrogens is 803 g/mol. The first-order valence-corrected chi connectivity index (χ1v) is 21.3. The fourth-order valence-corrected chi connectivity index (χ4v) is 8.90. The van der Waals surface area contributed by atoms with Gasteiger partial charge in [-0.1, -0.05) is 24.3 Å². The Bertz CT molecular complexity index is 2370. The van der Waals surface area contributed by atoms with E-state index in [-0.39, 0.29) is 85.9 Å². The van der Waals surface area contributed by atoms with Gasteiger partial charge in [0, 0.05) is 67.8 Å². The molecule has 0 spiro atoms. The number of benzene rings is 2.